The Balaban J connectivity index is 1.89. The molecule has 4 unspecified atom stereocenters. The maximum absolute atomic E-state index is 13.2. The minimum absolute atomic E-state index is 0.0968. The van der Waals surface area contributed by atoms with E-state index in [1.807, 2.05) is 51.3 Å². The molecule has 0 saturated carbocycles. The Bertz CT molecular complexity index is 998. The predicted octanol–water partition coefficient (Wildman–Crippen LogP) is 4.25. The monoisotopic (exact) mass is 505 g/mol. The summed E-state index contributed by atoms with van der Waals surface area (Å²) < 4.78 is 11.9. The van der Waals surface area contributed by atoms with E-state index >= 15 is 0 Å². The molecule has 7 nitrogen and oxygen atoms in total. The number of aromatic nitrogens is 1. The van der Waals surface area contributed by atoms with Crippen LogP contribution in [0.1, 0.15) is 71.5 Å². The molecular formula is C27H39NO6S. The third-order valence-corrected chi connectivity index (χ3v) is 8.30. The number of ketones is 1. The lowest BCUT2D eigenvalue weighted by Gasteiger charge is -2.34. The molecule has 2 N–H and O–H groups in total. The Morgan fingerprint density at radius 2 is 1.91 bits per heavy atom. The fourth-order valence-electron chi connectivity index (χ4n) is 4.67. The molecule has 8 heteroatoms. The lowest BCUT2D eigenvalue weighted by Crippen LogP contribution is -2.45. The van der Waals surface area contributed by atoms with Crippen LogP contribution in [0.15, 0.2) is 23.1 Å². The first-order valence-corrected chi connectivity index (χ1v) is 13.2. The third-order valence-electron chi connectivity index (χ3n) is 7.51. The summed E-state index contributed by atoms with van der Waals surface area (Å²) in [5.74, 6) is -1.83. The van der Waals surface area contributed by atoms with Gasteiger partial charge >= 0.3 is 5.97 Å². The Morgan fingerprint density at radius 1 is 1.23 bits per heavy atom. The standard InChI is InChI=1S/C27H39NO6S/c1-15-9-8-10-27(7)22(34-27)12-20(16(2)11-19-14-35-18(4)28-19)33-23(30)13-21(29)26(5,6)25(32)17(3)24(15)31/h8-9,11,14-15,17,20-22,24,29,31H,10,12-13H2,1-7H3/b9-8+,16-11+/t15?,17?,20?,21-,22+,24?,27-/m0/s1. The number of carbonyl (C=O) groups excluding carboxylic acids is 2. The predicted molar refractivity (Wildman–Crippen MR) is 136 cm³/mol. The van der Waals surface area contributed by atoms with Gasteiger partial charge in [-0.25, -0.2) is 4.98 Å². The highest BCUT2D eigenvalue weighted by Gasteiger charge is 2.52. The quantitative estimate of drug-likeness (QED) is 0.351. The number of epoxide rings is 1. The number of Topliss-reactive ketones (excluding diaryl/α,β-unsaturated/α-hetero) is 1. The molecule has 1 aromatic heterocycles. The van der Waals surface area contributed by atoms with Gasteiger partial charge in [0, 0.05) is 23.6 Å². The van der Waals surface area contributed by atoms with E-state index in [4.69, 9.17) is 9.47 Å². The van der Waals surface area contributed by atoms with Gasteiger partial charge in [0.1, 0.15) is 11.9 Å². The van der Waals surface area contributed by atoms with Crippen molar-refractivity contribution in [2.75, 3.05) is 0 Å². The number of rotatable bonds is 2. The molecule has 3 rings (SSSR count). The van der Waals surface area contributed by atoms with Gasteiger partial charge < -0.3 is 19.7 Å². The molecular weight excluding hydrogens is 466 g/mol. The Morgan fingerprint density at radius 3 is 2.54 bits per heavy atom. The molecule has 194 valence electrons. The largest absolute Gasteiger partial charge is 0.458 e. The smallest absolute Gasteiger partial charge is 0.309 e. The number of cyclic esters (lactones) is 1. The number of nitrogens with zero attached hydrogens (tertiary/aromatic N) is 1. The number of aliphatic hydroxyl groups is 2. The van der Waals surface area contributed by atoms with E-state index in [0.717, 1.165) is 16.3 Å². The van der Waals surface area contributed by atoms with Gasteiger partial charge in [0.15, 0.2) is 0 Å². The van der Waals surface area contributed by atoms with Crippen LogP contribution in [0.3, 0.4) is 0 Å². The molecule has 2 aliphatic rings. The van der Waals surface area contributed by atoms with Crippen LogP contribution in [-0.2, 0) is 19.1 Å². The fourth-order valence-corrected chi connectivity index (χ4v) is 5.24. The van der Waals surface area contributed by atoms with E-state index in [9.17, 15) is 19.8 Å². The summed E-state index contributed by atoms with van der Waals surface area (Å²) in [6.45, 7) is 12.6. The molecule has 0 bridgehead atoms. The lowest BCUT2D eigenvalue weighted by molar-refractivity contribution is -0.154. The van der Waals surface area contributed by atoms with E-state index in [0.29, 0.717) is 12.8 Å². The van der Waals surface area contributed by atoms with Crippen molar-refractivity contribution < 1.29 is 29.3 Å². The van der Waals surface area contributed by atoms with Gasteiger partial charge in [0.05, 0.1) is 46.5 Å². The van der Waals surface area contributed by atoms with Crippen LogP contribution in [0, 0.1) is 24.2 Å². The number of fused-ring (bicyclic) bond motifs is 1. The van der Waals surface area contributed by atoms with Gasteiger partial charge in [-0.1, -0.05) is 39.8 Å². The summed E-state index contributed by atoms with van der Waals surface area (Å²) in [4.78, 5) is 30.6. The van der Waals surface area contributed by atoms with Crippen molar-refractivity contribution >= 4 is 29.2 Å². The van der Waals surface area contributed by atoms with Crippen LogP contribution >= 0.6 is 11.3 Å². The zero-order valence-electron chi connectivity index (χ0n) is 21.8. The molecule has 0 amide bonds. The molecule has 1 fully saturated rings. The van der Waals surface area contributed by atoms with Crippen LogP contribution in [-0.4, -0.2) is 57.0 Å². The van der Waals surface area contributed by atoms with Crippen molar-refractivity contribution in [2.24, 2.45) is 17.3 Å². The number of hydrogen-bond donors (Lipinski definition) is 2. The number of hydrogen-bond acceptors (Lipinski definition) is 8. The highest BCUT2D eigenvalue weighted by molar-refractivity contribution is 7.09. The minimum atomic E-state index is -1.25. The van der Waals surface area contributed by atoms with E-state index in [1.54, 1.807) is 32.1 Å². The number of aryl methyl sites for hydroxylation is 1. The third kappa shape index (κ3) is 6.47. The van der Waals surface area contributed by atoms with Gasteiger partial charge in [0.25, 0.3) is 0 Å². The van der Waals surface area contributed by atoms with E-state index in [1.165, 1.54) is 0 Å². The van der Waals surface area contributed by atoms with Crippen LogP contribution in [0.4, 0.5) is 0 Å². The number of carbonyl (C=O) groups is 2. The summed E-state index contributed by atoms with van der Waals surface area (Å²) in [5.41, 5.74) is 0.0391. The maximum atomic E-state index is 13.2. The number of ether oxygens (including phenoxy) is 2. The number of esters is 1. The molecule has 7 atom stereocenters. The van der Waals surface area contributed by atoms with Crippen molar-refractivity contribution in [1.82, 2.24) is 4.98 Å². The van der Waals surface area contributed by atoms with Crippen molar-refractivity contribution in [3.05, 3.63) is 33.8 Å². The zero-order valence-corrected chi connectivity index (χ0v) is 22.6. The Labute approximate surface area is 212 Å². The summed E-state index contributed by atoms with van der Waals surface area (Å²) in [6.07, 6.45) is 3.84. The van der Waals surface area contributed by atoms with E-state index in [-0.39, 0.29) is 29.8 Å². The average molecular weight is 506 g/mol. The van der Waals surface area contributed by atoms with Gasteiger partial charge in [0.2, 0.25) is 0 Å². The fraction of sp³-hybridized carbons (Fsp3) is 0.667. The molecule has 35 heavy (non-hydrogen) atoms. The highest BCUT2D eigenvalue weighted by atomic mass is 32.1. The second-order valence-corrected chi connectivity index (χ2v) is 12.0. The normalized spacial score (nSPS) is 37.9. The maximum Gasteiger partial charge on any atom is 0.309 e. The first-order chi connectivity index (χ1) is 16.2. The first-order valence-electron chi connectivity index (χ1n) is 12.3. The number of thiazole rings is 1. The van der Waals surface area contributed by atoms with Crippen molar-refractivity contribution in [2.45, 2.75) is 97.7 Å². The highest BCUT2D eigenvalue weighted by Crippen LogP contribution is 2.44. The summed E-state index contributed by atoms with van der Waals surface area (Å²) in [6, 6.07) is 0. The van der Waals surface area contributed by atoms with Gasteiger partial charge in [-0.15, -0.1) is 11.3 Å². The Kier molecular flexibility index (Phi) is 8.41. The van der Waals surface area contributed by atoms with Gasteiger partial charge in [-0.2, -0.15) is 0 Å². The van der Waals surface area contributed by atoms with Crippen LogP contribution in [0.5, 0.6) is 0 Å². The van der Waals surface area contributed by atoms with Gasteiger partial charge in [-0.05, 0) is 38.8 Å². The number of aliphatic hydroxyl groups excluding tert-OH is 2. The zero-order chi connectivity index (χ0) is 26.1. The minimum Gasteiger partial charge on any atom is -0.458 e. The average Bonchev–Trinajstić information content (AvgIpc) is 3.22. The molecule has 1 aromatic rings. The SMILES string of the molecule is C/C(=C\c1csc(C)n1)C1C[C@H]2O[C@@]2(C)C/C=C/C(C)C(O)C(C)C(=O)C(C)(C)[C@@H](O)CC(=O)O1. The van der Waals surface area contributed by atoms with E-state index in [2.05, 4.69) is 4.98 Å². The van der Waals surface area contributed by atoms with Crippen LogP contribution in [0.25, 0.3) is 6.08 Å². The molecule has 2 aliphatic heterocycles. The first kappa shape index (κ1) is 27.7. The second-order valence-electron chi connectivity index (χ2n) is 10.9. The molecule has 0 aromatic carbocycles. The Hall–Kier alpha value is -1.87. The van der Waals surface area contributed by atoms with Crippen molar-refractivity contribution in [3.8, 4) is 0 Å². The molecule has 0 radical (unpaired) electrons. The lowest BCUT2D eigenvalue weighted by atomic mass is 9.73. The molecule has 3 heterocycles. The summed E-state index contributed by atoms with van der Waals surface area (Å²) in [7, 11) is 0. The van der Waals surface area contributed by atoms with Gasteiger partial charge in [-0.3, -0.25) is 9.59 Å². The van der Waals surface area contributed by atoms with Crippen molar-refractivity contribution in [1.29, 1.82) is 0 Å². The summed E-state index contributed by atoms with van der Waals surface area (Å²) in [5, 5.41) is 24.5. The van der Waals surface area contributed by atoms with Crippen LogP contribution < -0.4 is 0 Å². The molecule has 0 spiro atoms. The molecule has 0 aliphatic carbocycles. The summed E-state index contributed by atoms with van der Waals surface area (Å²) >= 11 is 1.55. The molecule has 1 saturated heterocycles. The van der Waals surface area contributed by atoms with Crippen LogP contribution in [0.2, 0.25) is 0 Å². The topological polar surface area (TPSA) is 109 Å². The second kappa shape index (κ2) is 10.6. The van der Waals surface area contributed by atoms with E-state index < -0.39 is 35.6 Å². The van der Waals surface area contributed by atoms with Crippen molar-refractivity contribution in [3.63, 3.8) is 0 Å².